The molecule has 169 valence electrons. The summed E-state index contributed by atoms with van der Waals surface area (Å²) >= 11 is 0. The van der Waals surface area contributed by atoms with Crippen LogP contribution in [-0.2, 0) is 17.8 Å². The summed E-state index contributed by atoms with van der Waals surface area (Å²) in [5.74, 6) is 0.00930. The van der Waals surface area contributed by atoms with Crippen LogP contribution in [0.1, 0.15) is 37.8 Å². The van der Waals surface area contributed by atoms with Gasteiger partial charge in [0.2, 0.25) is 5.89 Å². The molecule has 0 aliphatic heterocycles. The van der Waals surface area contributed by atoms with Crippen LogP contribution >= 0.6 is 0 Å². The number of aromatic nitrogens is 4. The molecular formula is C21H16F6N4NaO. The Hall–Kier alpha value is -2.37. The van der Waals surface area contributed by atoms with Gasteiger partial charge in [-0.1, -0.05) is 39.0 Å². The van der Waals surface area contributed by atoms with Crippen molar-refractivity contribution >= 4 is 40.6 Å². The van der Waals surface area contributed by atoms with Crippen molar-refractivity contribution in [2.45, 2.75) is 38.5 Å². The minimum Gasteiger partial charge on any atom is -0.418 e. The minimum atomic E-state index is -4.85. The van der Waals surface area contributed by atoms with Gasteiger partial charge in [0.25, 0.3) is 5.89 Å². The number of rotatable bonds is 2. The molecule has 0 saturated heterocycles. The zero-order chi connectivity index (χ0) is 23.5. The first-order valence-corrected chi connectivity index (χ1v) is 9.37. The molecule has 12 heteroatoms. The van der Waals surface area contributed by atoms with E-state index in [0.29, 0.717) is 6.07 Å². The maximum Gasteiger partial charge on any atom is 0.418 e. The number of alkyl halides is 6. The fourth-order valence-corrected chi connectivity index (χ4v) is 3.20. The first kappa shape index (κ1) is 25.3. The summed E-state index contributed by atoms with van der Waals surface area (Å²) in [5.41, 5.74) is -3.93. The van der Waals surface area contributed by atoms with E-state index in [1.807, 2.05) is 20.8 Å². The van der Waals surface area contributed by atoms with Gasteiger partial charge in [0.15, 0.2) is 5.82 Å². The van der Waals surface area contributed by atoms with Crippen molar-refractivity contribution in [3.63, 3.8) is 0 Å². The molecule has 0 saturated carbocycles. The van der Waals surface area contributed by atoms with Crippen LogP contribution in [0, 0.1) is 0 Å². The monoisotopic (exact) mass is 477 g/mol. The Balaban J connectivity index is 0.00000306. The van der Waals surface area contributed by atoms with Crippen LogP contribution in [0.3, 0.4) is 0 Å². The van der Waals surface area contributed by atoms with Crippen molar-refractivity contribution in [3.05, 3.63) is 53.4 Å². The van der Waals surface area contributed by atoms with E-state index in [4.69, 9.17) is 4.42 Å². The molecule has 0 amide bonds. The molecule has 33 heavy (non-hydrogen) atoms. The van der Waals surface area contributed by atoms with E-state index in [2.05, 4.69) is 20.2 Å². The summed E-state index contributed by atoms with van der Waals surface area (Å²) in [7, 11) is 0. The molecule has 4 rings (SSSR count). The Kier molecular flexibility index (Phi) is 6.46. The molecule has 2 aromatic heterocycles. The second kappa shape index (κ2) is 8.44. The van der Waals surface area contributed by atoms with Gasteiger partial charge in [-0.2, -0.15) is 26.3 Å². The Bertz CT molecular complexity index is 1300. The number of hydrogen-bond acceptors (Lipinski definition) is 4. The third-order valence-electron chi connectivity index (χ3n) is 4.71. The number of nitrogens with zero attached hydrogens (tertiary/aromatic N) is 3. The van der Waals surface area contributed by atoms with E-state index in [9.17, 15) is 26.3 Å². The van der Waals surface area contributed by atoms with Gasteiger partial charge in [0.05, 0.1) is 22.2 Å². The van der Waals surface area contributed by atoms with Crippen LogP contribution in [0.5, 0.6) is 0 Å². The first-order chi connectivity index (χ1) is 14.7. The average molecular weight is 477 g/mol. The van der Waals surface area contributed by atoms with Gasteiger partial charge in [-0.15, -0.1) is 10.2 Å². The number of fused-ring (bicyclic) bond motifs is 1. The number of H-pyrrole nitrogens is 1. The van der Waals surface area contributed by atoms with Crippen LogP contribution < -0.4 is 0 Å². The maximum absolute atomic E-state index is 13.8. The molecule has 0 bridgehead atoms. The third-order valence-corrected chi connectivity index (χ3v) is 4.71. The summed E-state index contributed by atoms with van der Waals surface area (Å²) in [6.45, 7) is 5.44. The van der Waals surface area contributed by atoms with Crippen LogP contribution in [-0.4, -0.2) is 49.7 Å². The second-order valence-electron chi connectivity index (χ2n) is 8.21. The zero-order valence-corrected chi connectivity index (χ0v) is 20.0. The van der Waals surface area contributed by atoms with Crippen LogP contribution in [0.25, 0.3) is 33.9 Å². The van der Waals surface area contributed by atoms with Crippen molar-refractivity contribution in [3.8, 4) is 22.8 Å². The molecule has 0 unspecified atom stereocenters. The standard InChI is InChI=1S/C21H16F6N4O.Na/c1-19(2,3)18-31-30-17(32-18)16-28-14-9-10(8-13(15(14)29-16)21(25,26)27)11-6-4-5-7-12(11)20(22,23)24;/h4-9H,1-3H3,(H,28,29);. The van der Waals surface area contributed by atoms with E-state index in [1.165, 1.54) is 12.1 Å². The number of halogens is 6. The van der Waals surface area contributed by atoms with E-state index in [1.54, 1.807) is 0 Å². The van der Waals surface area contributed by atoms with Gasteiger partial charge in [-0.05, 0) is 29.3 Å². The third kappa shape index (κ3) is 4.95. The van der Waals surface area contributed by atoms with Gasteiger partial charge in [0, 0.05) is 35.0 Å². The largest absolute Gasteiger partial charge is 0.418 e. The first-order valence-electron chi connectivity index (χ1n) is 9.37. The van der Waals surface area contributed by atoms with Crippen molar-refractivity contribution in [2.24, 2.45) is 0 Å². The van der Waals surface area contributed by atoms with E-state index < -0.39 is 34.4 Å². The number of hydrogen-bond donors (Lipinski definition) is 1. The molecule has 1 N–H and O–H groups in total. The quantitative estimate of drug-likeness (QED) is 0.274. The maximum atomic E-state index is 13.8. The molecule has 5 nitrogen and oxygen atoms in total. The van der Waals surface area contributed by atoms with Gasteiger partial charge in [0.1, 0.15) is 0 Å². The number of benzene rings is 2. The fourth-order valence-electron chi connectivity index (χ4n) is 3.20. The Labute approximate surface area is 205 Å². The van der Waals surface area contributed by atoms with Gasteiger partial charge < -0.3 is 9.40 Å². The normalized spacial score (nSPS) is 12.8. The summed E-state index contributed by atoms with van der Waals surface area (Å²) in [6, 6.07) is 6.26. The smallest absolute Gasteiger partial charge is 0.418 e. The minimum absolute atomic E-state index is 0. The van der Waals surface area contributed by atoms with E-state index in [0.717, 1.165) is 18.2 Å². The summed E-state index contributed by atoms with van der Waals surface area (Å²) in [4.78, 5) is 6.62. The molecule has 2 heterocycles. The van der Waals surface area contributed by atoms with E-state index in [-0.39, 0.29) is 63.8 Å². The number of aromatic amines is 1. The molecule has 0 aliphatic carbocycles. The Morgan fingerprint density at radius 1 is 0.848 bits per heavy atom. The molecule has 0 spiro atoms. The predicted octanol–water partition coefficient (Wildman–Crippen LogP) is 6.23. The zero-order valence-electron chi connectivity index (χ0n) is 18.0. The van der Waals surface area contributed by atoms with Gasteiger partial charge in [-0.25, -0.2) is 4.98 Å². The molecule has 0 fully saturated rings. The molecule has 1 radical (unpaired) electrons. The molecule has 4 aromatic rings. The van der Waals surface area contributed by atoms with Crippen LogP contribution in [0.4, 0.5) is 26.3 Å². The van der Waals surface area contributed by atoms with Crippen LogP contribution in [0.15, 0.2) is 40.8 Å². The topological polar surface area (TPSA) is 67.6 Å². The predicted molar refractivity (Wildman–Crippen MR) is 109 cm³/mol. The van der Waals surface area contributed by atoms with Crippen LogP contribution in [0.2, 0.25) is 0 Å². The Morgan fingerprint density at radius 2 is 1.48 bits per heavy atom. The number of nitrogens with one attached hydrogen (secondary N) is 1. The van der Waals surface area contributed by atoms with Crippen molar-refractivity contribution in [1.82, 2.24) is 20.2 Å². The molecule has 0 aliphatic rings. The van der Waals surface area contributed by atoms with Crippen molar-refractivity contribution in [1.29, 1.82) is 0 Å². The number of imidazole rings is 1. The average Bonchev–Trinajstić information content (AvgIpc) is 3.32. The van der Waals surface area contributed by atoms with Gasteiger partial charge in [-0.3, -0.25) is 0 Å². The summed E-state index contributed by atoms with van der Waals surface area (Å²) in [6.07, 6.45) is -9.59. The van der Waals surface area contributed by atoms with Crippen molar-refractivity contribution in [2.75, 3.05) is 0 Å². The van der Waals surface area contributed by atoms with Crippen molar-refractivity contribution < 1.29 is 30.8 Å². The van der Waals surface area contributed by atoms with E-state index >= 15 is 0 Å². The summed E-state index contributed by atoms with van der Waals surface area (Å²) in [5, 5.41) is 7.71. The fraction of sp³-hybridized carbons (Fsp3) is 0.286. The second-order valence-corrected chi connectivity index (χ2v) is 8.21. The molecule has 0 atom stereocenters. The van der Waals surface area contributed by atoms with Gasteiger partial charge >= 0.3 is 12.4 Å². The Morgan fingerprint density at radius 3 is 2.06 bits per heavy atom. The SMILES string of the molecule is CC(C)(C)c1nnc(-c2nc3cc(-c4ccccc4C(F)(F)F)cc(C(F)(F)F)c3[nH]2)o1.[Na]. The molecular weight excluding hydrogens is 461 g/mol. The molecule has 2 aromatic carbocycles. The summed E-state index contributed by atoms with van der Waals surface area (Å²) < 4.78 is 87.2.